The molecule has 4 aromatic rings. The van der Waals surface area contributed by atoms with Crippen LogP contribution in [0.2, 0.25) is 0 Å². The summed E-state index contributed by atoms with van der Waals surface area (Å²) in [6.07, 6.45) is 1.47. The molecule has 1 N–H and O–H groups in total. The van der Waals surface area contributed by atoms with Crippen molar-refractivity contribution in [1.82, 2.24) is 5.43 Å². The van der Waals surface area contributed by atoms with Crippen LogP contribution in [0.1, 0.15) is 21.5 Å². The number of hydrogen-bond acceptors (Lipinski definition) is 5. The minimum atomic E-state index is -3.98. The molecule has 0 spiro atoms. The number of hydrazone groups is 1. The van der Waals surface area contributed by atoms with Gasteiger partial charge in [0.15, 0.2) is 0 Å². The monoisotopic (exact) mass is 499 g/mol. The Balaban J connectivity index is 1.69. The number of anilines is 1. The molecule has 182 valence electrons. The van der Waals surface area contributed by atoms with Crippen LogP contribution in [-0.2, 0) is 16.6 Å². The van der Waals surface area contributed by atoms with Crippen LogP contribution < -0.4 is 14.5 Å². The second-order valence-corrected chi connectivity index (χ2v) is 9.63. The average molecular weight is 500 g/mol. The Kier molecular flexibility index (Phi) is 7.77. The van der Waals surface area contributed by atoms with Gasteiger partial charge in [0.05, 0.1) is 36.0 Å². The molecule has 4 rings (SSSR count). The highest BCUT2D eigenvalue weighted by Crippen LogP contribution is 2.29. The molecule has 0 aliphatic rings. The third kappa shape index (κ3) is 5.61. The van der Waals surface area contributed by atoms with Gasteiger partial charge in [0.1, 0.15) is 5.75 Å². The molecule has 0 fully saturated rings. The van der Waals surface area contributed by atoms with Gasteiger partial charge in [-0.05, 0) is 42.0 Å². The minimum absolute atomic E-state index is 0.0485. The molecule has 4 aromatic carbocycles. The Bertz CT molecular complexity index is 1460. The van der Waals surface area contributed by atoms with E-state index in [1.54, 1.807) is 61.7 Å². The number of carbonyl (C=O) groups is 1. The standard InChI is InChI=1S/C28H25N3O4S/c1-35-27-19-11-8-14-23(27)20-29-30-28(32)25-17-9-10-18-26(25)31(21-22-12-4-2-5-13-22)36(33,34)24-15-6-3-7-16-24/h2-20H,21H2,1H3,(H,30,32)/b29-20+. The predicted molar refractivity (Wildman–Crippen MR) is 141 cm³/mol. The zero-order chi connectivity index (χ0) is 25.4. The van der Waals surface area contributed by atoms with Crippen LogP contribution in [0, 0.1) is 0 Å². The van der Waals surface area contributed by atoms with Crippen molar-refractivity contribution >= 4 is 27.8 Å². The lowest BCUT2D eigenvalue weighted by atomic mass is 10.1. The molecular weight excluding hydrogens is 474 g/mol. The summed E-state index contributed by atoms with van der Waals surface area (Å²) >= 11 is 0. The molecule has 0 heterocycles. The van der Waals surface area contributed by atoms with Gasteiger partial charge in [-0.3, -0.25) is 9.10 Å². The predicted octanol–water partition coefficient (Wildman–Crippen LogP) is 4.85. The van der Waals surface area contributed by atoms with Crippen molar-refractivity contribution in [3.05, 3.63) is 126 Å². The zero-order valence-electron chi connectivity index (χ0n) is 19.6. The minimum Gasteiger partial charge on any atom is -0.496 e. The Morgan fingerprint density at radius 3 is 2.19 bits per heavy atom. The normalized spacial score (nSPS) is 11.2. The van der Waals surface area contributed by atoms with Gasteiger partial charge in [-0.15, -0.1) is 0 Å². The van der Waals surface area contributed by atoms with Crippen molar-refractivity contribution in [3.8, 4) is 5.75 Å². The van der Waals surface area contributed by atoms with Crippen LogP contribution in [0.3, 0.4) is 0 Å². The van der Waals surface area contributed by atoms with E-state index in [9.17, 15) is 13.2 Å². The van der Waals surface area contributed by atoms with Gasteiger partial charge < -0.3 is 4.74 Å². The highest BCUT2D eigenvalue weighted by Gasteiger charge is 2.28. The van der Waals surface area contributed by atoms with E-state index in [2.05, 4.69) is 10.5 Å². The third-order valence-corrected chi connectivity index (χ3v) is 7.20. The molecule has 7 nitrogen and oxygen atoms in total. The maximum atomic E-state index is 13.7. The highest BCUT2D eigenvalue weighted by atomic mass is 32.2. The third-order valence-electron chi connectivity index (χ3n) is 5.43. The Morgan fingerprint density at radius 1 is 0.861 bits per heavy atom. The molecule has 1 amide bonds. The van der Waals surface area contributed by atoms with Gasteiger partial charge in [-0.2, -0.15) is 5.10 Å². The molecule has 0 saturated carbocycles. The Labute approximate surface area is 210 Å². The van der Waals surface area contributed by atoms with Crippen LogP contribution in [0.25, 0.3) is 0 Å². The average Bonchev–Trinajstić information content (AvgIpc) is 2.93. The summed E-state index contributed by atoms with van der Waals surface area (Å²) in [5.74, 6) is 0.0666. The summed E-state index contributed by atoms with van der Waals surface area (Å²) in [6, 6.07) is 31.2. The summed E-state index contributed by atoms with van der Waals surface area (Å²) in [7, 11) is -2.43. The maximum absolute atomic E-state index is 13.7. The largest absolute Gasteiger partial charge is 0.496 e. The van der Waals surface area contributed by atoms with Crippen LogP contribution in [0.4, 0.5) is 5.69 Å². The second-order valence-electron chi connectivity index (χ2n) is 7.77. The molecule has 0 aliphatic carbocycles. The van der Waals surface area contributed by atoms with Crippen molar-refractivity contribution in [1.29, 1.82) is 0 Å². The van der Waals surface area contributed by atoms with Crippen molar-refractivity contribution in [2.24, 2.45) is 5.10 Å². The summed E-state index contributed by atoms with van der Waals surface area (Å²) < 4.78 is 34.0. The number of sulfonamides is 1. The Morgan fingerprint density at radius 2 is 1.47 bits per heavy atom. The van der Waals surface area contributed by atoms with Crippen LogP contribution in [0.5, 0.6) is 5.75 Å². The molecule has 0 aliphatic heterocycles. The molecule has 0 bridgehead atoms. The quantitative estimate of drug-likeness (QED) is 0.263. The lowest BCUT2D eigenvalue weighted by Crippen LogP contribution is -2.33. The number of hydrogen-bond donors (Lipinski definition) is 1. The molecule has 0 aromatic heterocycles. The number of nitrogens with one attached hydrogen (secondary N) is 1. The SMILES string of the molecule is COc1ccccc1/C=N/NC(=O)c1ccccc1N(Cc1ccccc1)S(=O)(=O)c1ccccc1. The maximum Gasteiger partial charge on any atom is 0.273 e. The number of nitrogens with zero attached hydrogens (tertiary/aromatic N) is 2. The molecule has 8 heteroatoms. The van der Waals surface area contributed by atoms with E-state index in [0.717, 1.165) is 5.56 Å². The molecule has 0 unspecified atom stereocenters. The van der Waals surface area contributed by atoms with E-state index in [-0.39, 0.29) is 22.7 Å². The number of carbonyl (C=O) groups excluding carboxylic acids is 1. The summed E-state index contributed by atoms with van der Waals surface area (Å²) in [5, 5.41) is 4.06. The molecule has 0 radical (unpaired) electrons. The number of ether oxygens (including phenoxy) is 1. The van der Waals surface area contributed by atoms with Crippen molar-refractivity contribution in [2.75, 3.05) is 11.4 Å². The van der Waals surface area contributed by atoms with Gasteiger partial charge in [0, 0.05) is 5.56 Å². The van der Waals surface area contributed by atoms with Crippen LogP contribution >= 0.6 is 0 Å². The first kappa shape index (κ1) is 24.7. The van der Waals surface area contributed by atoms with Crippen molar-refractivity contribution in [2.45, 2.75) is 11.4 Å². The number of rotatable bonds is 9. The van der Waals surface area contributed by atoms with Crippen molar-refractivity contribution < 1.29 is 17.9 Å². The fourth-order valence-electron chi connectivity index (χ4n) is 3.65. The van der Waals surface area contributed by atoms with E-state index < -0.39 is 15.9 Å². The van der Waals surface area contributed by atoms with E-state index in [0.29, 0.717) is 11.3 Å². The number of para-hydroxylation sites is 2. The molecule has 0 atom stereocenters. The first-order valence-corrected chi connectivity index (χ1v) is 12.6. The van der Waals surface area contributed by atoms with Gasteiger partial charge in [0.2, 0.25) is 0 Å². The van der Waals surface area contributed by atoms with Gasteiger partial charge in [0.25, 0.3) is 15.9 Å². The zero-order valence-corrected chi connectivity index (χ0v) is 20.4. The fraction of sp³-hybridized carbons (Fsp3) is 0.0714. The molecular formula is C28H25N3O4S. The molecule has 36 heavy (non-hydrogen) atoms. The first-order chi connectivity index (χ1) is 17.5. The van der Waals surface area contributed by atoms with Crippen LogP contribution in [-0.4, -0.2) is 27.6 Å². The van der Waals surface area contributed by atoms with Gasteiger partial charge in [-0.1, -0.05) is 72.8 Å². The van der Waals surface area contributed by atoms with Crippen molar-refractivity contribution in [3.63, 3.8) is 0 Å². The summed E-state index contributed by atoms with van der Waals surface area (Å²) in [4.78, 5) is 13.3. The number of benzene rings is 4. The van der Waals surface area contributed by atoms with Crippen LogP contribution in [0.15, 0.2) is 119 Å². The highest BCUT2D eigenvalue weighted by molar-refractivity contribution is 7.92. The fourth-order valence-corrected chi connectivity index (χ4v) is 5.14. The van der Waals surface area contributed by atoms with E-state index in [4.69, 9.17) is 4.74 Å². The summed E-state index contributed by atoms with van der Waals surface area (Å²) in [6.45, 7) is 0.0485. The second kappa shape index (κ2) is 11.3. The van der Waals surface area contributed by atoms with E-state index in [1.807, 2.05) is 42.5 Å². The van der Waals surface area contributed by atoms with Gasteiger partial charge >= 0.3 is 0 Å². The lowest BCUT2D eigenvalue weighted by Gasteiger charge is -2.26. The van der Waals surface area contributed by atoms with E-state index in [1.165, 1.54) is 22.7 Å². The smallest absolute Gasteiger partial charge is 0.273 e. The Hall–Kier alpha value is -4.43. The topological polar surface area (TPSA) is 88.1 Å². The first-order valence-electron chi connectivity index (χ1n) is 11.2. The van der Waals surface area contributed by atoms with Gasteiger partial charge in [-0.25, -0.2) is 13.8 Å². The van der Waals surface area contributed by atoms with E-state index >= 15 is 0 Å². The number of methoxy groups -OCH3 is 1. The summed E-state index contributed by atoms with van der Waals surface area (Å²) in [5.41, 5.74) is 4.38. The number of amides is 1. The molecule has 0 saturated heterocycles. The lowest BCUT2D eigenvalue weighted by molar-refractivity contribution is 0.0955.